The van der Waals surface area contributed by atoms with E-state index in [1.807, 2.05) is 0 Å². The summed E-state index contributed by atoms with van der Waals surface area (Å²) in [5, 5.41) is 19.2. The number of rotatable bonds is 5. The normalized spacial score (nSPS) is 10.8. The highest BCUT2D eigenvalue weighted by Crippen LogP contribution is 2.25. The Balaban J connectivity index is 1.69. The van der Waals surface area contributed by atoms with Crippen molar-refractivity contribution in [2.75, 3.05) is 11.1 Å². The van der Waals surface area contributed by atoms with Crippen molar-refractivity contribution in [3.05, 3.63) is 46.4 Å². The molecule has 0 saturated carbocycles. The van der Waals surface area contributed by atoms with Crippen LogP contribution in [0.5, 0.6) is 0 Å². The molecule has 0 spiro atoms. The summed E-state index contributed by atoms with van der Waals surface area (Å²) < 4.78 is 1.63. The van der Waals surface area contributed by atoms with E-state index >= 15 is 0 Å². The molecule has 0 unspecified atom stereocenters. The zero-order valence-electron chi connectivity index (χ0n) is 13.5. The van der Waals surface area contributed by atoms with Crippen LogP contribution in [0.15, 0.2) is 35.7 Å². The van der Waals surface area contributed by atoms with Crippen LogP contribution in [0.4, 0.5) is 11.4 Å². The molecule has 1 amide bonds. The Kier molecular flexibility index (Phi) is 4.61. The third-order valence-corrected chi connectivity index (χ3v) is 4.53. The molecule has 0 radical (unpaired) electrons. The van der Waals surface area contributed by atoms with E-state index in [0.29, 0.717) is 21.9 Å². The number of nitrogens with one attached hydrogen (secondary N) is 1. The molecule has 0 aliphatic rings. The van der Waals surface area contributed by atoms with E-state index < -0.39 is 4.92 Å². The Hall–Kier alpha value is -3.01. The highest BCUT2D eigenvalue weighted by molar-refractivity contribution is 8.00. The highest BCUT2D eigenvalue weighted by Gasteiger charge is 2.14. The fourth-order valence-electron chi connectivity index (χ4n) is 2.27. The van der Waals surface area contributed by atoms with Crippen molar-refractivity contribution < 1.29 is 9.72 Å². The second-order valence-electron chi connectivity index (χ2n) is 5.28. The molecule has 2 heterocycles. The molecule has 1 aromatic carbocycles. The molecular formula is C15H14N6O3S. The SMILES string of the molecule is Cc1ccc(NC(=O)CSc2ncnc3c2cnn3C)cc1[N+](=O)[O-]. The first-order valence-electron chi connectivity index (χ1n) is 7.26. The lowest BCUT2D eigenvalue weighted by atomic mass is 10.2. The summed E-state index contributed by atoms with van der Waals surface area (Å²) in [6.07, 6.45) is 3.08. The van der Waals surface area contributed by atoms with Crippen molar-refractivity contribution in [1.29, 1.82) is 0 Å². The van der Waals surface area contributed by atoms with Crippen molar-refractivity contribution in [3.63, 3.8) is 0 Å². The summed E-state index contributed by atoms with van der Waals surface area (Å²) in [7, 11) is 1.78. The minimum atomic E-state index is -0.472. The largest absolute Gasteiger partial charge is 0.325 e. The van der Waals surface area contributed by atoms with Crippen LogP contribution >= 0.6 is 11.8 Å². The van der Waals surface area contributed by atoms with Gasteiger partial charge < -0.3 is 5.32 Å². The standard InChI is InChI=1S/C15H14N6O3S/c1-9-3-4-10(5-12(9)21(23)24)19-13(22)7-25-15-11-6-18-20(2)14(11)16-8-17-15/h3-6,8H,7H2,1-2H3,(H,19,22). The maximum atomic E-state index is 12.1. The first-order chi connectivity index (χ1) is 12.0. The van der Waals surface area contributed by atoms with E-state index in [2.05, 4.69) is 20.4 Å². The number of anilines is 1. The van der Waals surface area contributed by atoms with Gasteiger partial charge >= 0.3 is 0 Å². The number of hydrogen-bond donors (Lipinski definition) is 1. The summed E-state index contributed by atoms with van der Waals surface area (Å²) in [6, 6.07) is 4.58. The number of nitro benzene ring substituents is 1. The lowest BCUT2D eigenvalue weighted by molar-refractivity contribution is -0.385. The maximum Gasteiger partial charge on any atom is 0.274 e. The summed E-state index contributed by atoms with van der Waals surface area (Å²) >= 11 is 1.25. The molecule has 0 saturated heterocycles. The topological polar surface area (TPSA) is 116 Å². The number of carbonyl (C=O) groups excluding carboxylic acids is 1. The smallest absolute Gasteiger partial charge is 0.274 e. The monoisotopic (exact) mass is 358 g/mol. The van der Waals surface area contributed by atoms with Gasteiger partial charge in [0, 0.05) is 24.4 Å². The van der Waals surface area contributed by atoms with Gasteiger partial charge in [0.1, 0.15) is 11.4 Å². The second-order valence-corrected chi connectivity index (χ2v) is 6.24. The van der Waals surface area contributed by atoms with Crippen LogP contribution in [0.1, 0.15) is 5.56 Å². The molecule has 3 rings (SSSR count). The molecule has 0 atom stereocenters. The summed E-state index contributed by atoms with van der Waals surface area (Å²) in [5.41, 5.74) is 1.58. The van der Waals surface area contributed by atoms with Crippen molar-refractivity contribution in [2.45, 2.75) is 11.9 Å². The lowest BCUT2D eigenvalue weighted by Gasteiger charge is -2.06. The molecule has 128 valence electrons. The number of nitrogens with zero attached hydrogens (tertiary/aromatic N) is 5. The molecule has 0 aliphatic carbocycles. The molecule has 2 aromatic heterocycles. The van der Waals surface area contributed by atoms with Gasteiger partial charge in [-0.15, -0.1) is 0 Å². The van der Waals surface area contributed by atoms with E-state index in [0.717, 1.165) is 5.39 Å². The van der Waals surface area contributed by atoms with Crippen LogP contribution in [0, 0.1) is 17.0 Å². The molecule has 0 aliphatic heterocycles. The van der Waals surface area contributed by atoms with Crippen molar-refractivity contribution in [1.82, 2.24) is 19.7 Å². The minimum Gasteiger partial charge on any atom is -0.325 e. The number of amides is 1. The van der Waals surface area contributed by atoms with Crippen LogP contribution < -0.4 is 5.32 Å². The predicted molar refractivity (Wildman–Crippen MR) is 93.5 cm³/mol. The van der Waals surface area contributed by atoms with Gasteiger partial charge in [-0.2, -0.15) is 5.10 Å². The fourth-order valence-corrected chi connectivity index (χ4v) is 3.03. The fraction of sp³-hybridized carbons (Fsp3) is 0.200. The quantitative estimate of drug-likeness (QED) is 0.322. The second kappa shape index (κ2) is 6.85. The van der Waals surface area contributed by atoms with E-state index in [1.54, 1.807) is 37.0 Å². The average Bonchev–Trinajstić information content (AvgIpc) is 2.96. The maximum absolute atomic E-state index is 12.1. The Bertz CT molecular complexity index is 971. The predicted octanol–water partition coefficient (Wildman–Crippen LogP) is 2.31. The summed E-state index contributed by atoms with van der Waals surface area (Å²) in [6.45, 7) is 1.65. The number of fused-ring (bicyclic) bond motifs is 1. The zero-order valence-corrected chi connectivity index (χ0v) is 14.3. The van der Waals surface area contributed by atoms with Gasteiger partial charge in [-0.1, -0.05) is 17.8 Å². The minimum absolute atomic E-state index is 0.0293. The first kappa shape index (κ1) is 16.8. The van der Waals surface area contributed by atoms with Crippen LogP contribution in [0.3, 0.4) is 0 Å². The lowest BCUT2D eigenvalue weighted by Crippen LogP contribution is -2.14. The van der Waals surface area contributed by atoms with Crippen LogP contribution in [-0.4, -0.2) is 36.3 Å². The van der Waals surface area contributed by atoms with Crippen LogP contribution in [0.2, 0.25) is 0 Å². The summed E-state index contributed by atoms with van der Waals surface area (Å²) in [4.78, 5) is 30.9. The Morgan fingerprint density at radius 1 is 1.40 bits per heavy atom. The van der Waals surface area contributed by atoms with E-state index in [1.165, 1.54) is 24.2 Å². The van der Waals surface area contributed by atoms with Gasteiger partial charge in [-0.25, -0.2) is 9.97 Å². The third kappa shape index (κ3) is 3.58. The van der Waals surface area contributed by atoms with E-state index in [-0.39, 0.29) is 17.3 Å². The molecule has 25 heavy (non-hydrogen) atoms. The molecular weight excluding hydrogens is 344 g/mol. The molecule has 0 bridgehead atoms. The van der Waals surface area contributed by atoms with Crippen LogP contribution in [0.25, 0.3) is 11.0 Å². The summed E-state index contributed by atoms with van der Waals surface area (Å²) in [5.74, 6) is -0.165. The van der Waals surface area contributed by atoms with Gasteiger partial charge in [0.15, 0.2) is 5.65 Å². The van der Waals surface area contributed by atoms with E-state index in [9.17, 15) is 14.9 Å². The number of aromatic nitrogens is 4. The van der Waals surface area contributed by atoms with Crippen LogP contribution in [-0.2, 0) is 11.8 Å². The van der Waals surface area contributed by atoms with Gasteiger partial charge in [-0.05, 0) is 13.0 Å². The van der Waals surface area contributed by atoms with Crippen molar-refractivity contribution in [2.24, 2.45) is 7.05 Å². The van der Waals surface area contributed by atoms with Crippen molar-refractivity contribution >= 4 is 40.1 Å². The third-order valence-electron chi connectivity index (χ3n) is 3.52. The van der Waals surface area contributed by atoms with Gasteiger partial charge in [0.05, 0.1) is 22.3 Å². The number of aryl methyl sites for hydroxylation is 2. The highest BCUT2D eigenvalue weighted by atomic mass is 32.2. The van der Waals surface area contributed by atoms with Crippen molar-refractivity contribution in [3.8, 4) is 0 Å². The molecule has 3 aromatic rings. The number of carbonyl (C=O) groups is 1. The van der Waals surface area contributed by atoms with Gasteiger partial charge in [-0.3, -0.25) is 19.6 Å². The Morgan fingerprint density at radius 2 is 2.20 bits per heavy atom. The average molecular weight is 358 g/mol. The Morgan fingerprint density at radius 3 is 2.96 bits per heavy atom. The van der Waals surface area contributed by atoms with E-state index in [4.69, 9.17) is 0 Å². The number of hydrogen-bond acceptors (Lipinski definition) is 7. The molecule has 9 nitrogen and oxygen atoms in total. The molecule has 0 fully saturated rings. The zero-order chi connectivity index (χ0) is 18.0. The molecule has 10 heteroatoms. The first-order valence-corrected chi connectivity index (χ1v) is 8.24. The van der Waals surface area contributed by atoms with Gasteiger partial charge in [0.2, 0.25) is 5.91 Å². The Labute approximate surface area is 146 Å². The molecule has 1 N–H and O–H groups in total. The number of thioether (sulfide) groups is 1. The number of benzene rings is 1. The van der Waals surface area contributed by atoms with Gasteiger partial charge in [0.25, 0.3) is 5.69 Å². The number of nitro groups is 1.